The van der Waals surface area contributed by atoms with E-state index in [1.54, 1.807) is 0 Å². The van der Waals surface area contributed by atoms with Gasteiger partial charge in [0.25, 0.3) is 0 Å². The van der Waals surface area contributed by atoms with Crippen molar-refractivity contribution in [3.8, 4) is 0 Å². The highest BCUT2D eigenvalue weighted by atomic mass is 15.2. The first-order valence-corrected chi connectivity index (χ1v) is 6.40. The van der Waals surface area contributed by atoms with E-state index >= 15 is 0 Å². The molecule has 0 unspecified atom stereocenters. The molecule has 2 atom stereocenters. The summed E-state index contributed by atoms with van der Waals surface area (Å²) in [5.41, 5.74) is 3.02. The van der Waals surface area contributed by atoms with Crippen molar-refractivity contribution in [1.29, 1.82) is 0 Å². The van der Waals surface area contributed by atoms with Crippen molar-refractivity contribution in [3.05, 3.63) is 29.8 Å². The fraction of sp³-hybridized carbons (Fsp3) is 0.571. The Balaban J connectivity index is 1.93. The van der Waals surface area contributed by atoms with E-state index in [1.165, 1.54) is 37.2 Å². The third-order valence-corrected chi connectivity index (χ3v) is 3.85. The summed E-state index contributed by atoms with van der Waals surface area (Å²) in [5.74, 6) is 0.787. The van der Waals surface area contributed by atoms with Crippen LogP contribution in [0.3, 0.4) is 0 Å². The molecule has 0 amide bonds. The Bertz CT molecular complexity index is 369. The van der Waals surface area contributed by atoms with Gasteiger partial charge in [-0.05, 0) is 36.9 Å². The minimum Gasteiger partial charge on any atom is -0.367 e. The number of benzene rings is 1. The third kappa shape index (κ3) is 1.71. The summed E-state index contributed by atoms with van der Waals surface area (Å²) in [4.78, 5) is 2.63. The molecule has 2 heteroatoms. The molecule has 1 fully saturated rings. The summed E-state index contributed by atoms with van der Waals surface area (Å²) >= 11 is 0. The van der Waals surface area contributed by atoms with Crippen LogP contribution in [0.5, 0.6) is 0 Å². The first-order chi connectivity index (χ1) is 7.84. The molecular formula is C14H20N2. The van der Waals surface area contributed by atoms with Gasteiger partial charge in [-0.1, -0.05) is 25.1 Å². The Kier molecular flexibility index (Phi) is 2.60. The van der Waals surface area contributed by atoms with Crippen molar-refractivity contribution in [2.75, 3.05) is 24.5 Å². The topological polar surface area (TPSA) is 15.3 Å². The molecule has 1 aromatic rings. The summed E-state index contributed by atoms with van der Waals surface area (Å²) < 4.78 is 0. The zero-order chi connectivity index (χ0) is 11.0. The smallest absolute Gasteiger partial charge is 0.0426 e. The van der Waals surface area contributed by atoms with Crippen molar-refractivity contribution < 1.29 is 0 Å². The number of fused-ring (bicyclic) bond motifs is 1. The van der Waals surface area contributed by atoms with E-state index in [9.17, 15) is 0 Å². The molecular weight excluding hydrogens is 196 g/mol. The molecule has 0 aliphatic carbocycles. The summed E-state index contributed by atoms with van der Waals surface area (Å²) in [7, 11) is 0. The van der Waals surface area contributed by atoms with Crippen LogP contribution in [0, 0.1) is 5.92 Å². The van der Waals surface area contributed by atoms with Crippen LogP contribution < -0.4 is 10.2 Å². The normalized spacial score (nSPS) is 29.2. The molecule has 1 aromatic carbocycles. The highest BCUT2D eigenvalue weighted by Gasteiger charge is 2.28. The van der Waals surface area contributed by atoms with Gasteiger partial charge in [-0.25, -0.2) is 0 Å². The van der Waals surface area contributed by atoms with Crippen molar-refractivity contribution in [1.82, 2.24) is 5.32 Å². The average molecular weight is 216 g/mol. The quantitative estimate of drug-likeness (QED) is 0.773. The monoisotopic (exact) mass is 216 g/mol. The standard InChI is InChI=1S/C14H20N2/c1-11-8-12-4-2-3-5-14(12)16(10-11)13-6-7-15-9-13/h2-5,11,13,15H,6-10H2,1H3/t11-,13-/m0/s1. The molecule has 0 radical (unpaired) electrons. The molecule has 0 aromatic heterocycles. The summed E-state index contributed by atoms with van der Waals surface area (Å²) in [6.45, 7) is 5.92. The zero-order valence-corrected chi connectivity index (χ0v) is 9.95. The Morgan fingerprint density at radius 2 is 2.19 bits per heavy atom. The van der Waals surface area contributed by atoms with Gasteiger partial charge in [0, 0.05) is 24.8 Å². The maximum absolute atomic E-state index is 3.47. The summed E-state index contributed by atoms with van der Waals surface area (Å²) in [5, 5.41) is 3.47. The van der Waals surface area contributed by atoms with E-state index in [-0.39, 0.29) is 0 Å². The van der Waals surface area contributed by atoms with Gasteiger partial charge >= 0.3 is 0 Å². The molecule has 2 aliphatic heterocycles. The van der Waals surface area contributed by atoms with Crippen LogP contribution in [0.1, 0.15) is 18.9 Å². The highest BCUT2D eigenvalue weighted by Crippen LogP contribution is 2.31. The molecule has 1 saturated heterocycles. The number of nitrogens with one attached hydrogen (secondary N) is 1. The third-order valence-electron chi connectivity index (χ3n) is 3.85. The van der Waals surface area contributed by atoms with Gasteiger partial charge in [0.05, 0.1) is 0 Å². The maximum Gasteiger partial charge on any atom is 0.0426 e. The molecule has 0 bridgehead atoms. The molecule has 2 aliphatic rings. The summed E-state index contributed by atoms with van der Waals surface area (Å²) in [6.07, 6.45) is 2.54. The predicted octanol–water partition coefficient (Wildman–Crippen LogP) is 2.05. The fourth-order valence-corrected chi connectivity index (χ4v) is 3.09. The second-order valence-corrected chi connectivity index (χ2v) is 5.24. The number of nitrogens with zero attached hydrogens (tertiary/aromatic N) is 1. The number of para-hydroxylation sites is 1. The minimum absolute atomic E-state index is 0.712. The second kappa shape index (κ2) is 4.10. The van der Waals surface area contributed by atoms with Gasteiger partial charge in [-0.3, -0.25) is 0 Å². The minimum atomic E-state index is 0.712. The van der Waals surface area contributed by atoms with Crippen LogP contribution in [-0.4, -0.2) is 25.7 Å². The van der Waals surface area contributed by atoms with E-state index in [0.717, 1.165) is 12.5 Å². The van der Waals surface area contributed by atoms with E-state index in [4.69, 9.17) is 0 Å². The van der Waals surface area contributed by atoms with Crippen LogP contribution in [-0.2, 0) is 6.42 Å². The fourth-order valence-electron chi connectivity index (χ4n) is 3.09. The Hall–Kier alpha value is -1.02. The average Bonchev–Trinajstić information content (AvgIpc) is 2.81. The molecule has 1 N–H and O–H groups in total. The van der Waals surface area contributed by atoms with E-state index in [1.807, 2.05) is 0 Å². The van der Waals surface area contributed by atoms with Crippen molar-refractivity contribution >= 4 is 5.69 Å². The lowest BCUT2D eigenvalue weighted by atomic mass is 9.92. The molecule has 16 heavy (non-hydrogen) atoms. The largest absolute Gasteiger partial charge is 0.367 e. The highest BCUT2D eigenvalue weighted by molar-refractivity contribution is 5.56. The first kappa shape index (κ1) is 10.2. The Morgan fingerprint density at radius 3 is 3.00 bits per heavy atom. The van der Waals surface area contributed by atoms with Gasteiger partial charge in [0.1, 0.15) is 0 Å². The van der Waals surface area contributed by atoms with E-state index in [0.29, 0.717) is 6.04 Å². The Morgan fingerprint density at radius 1 is 1.31 bits per heavy atom. The van der Waals surface area contributed by atoms with Crippen LogP contribution in [0.25, 0.3) is 0 Å². The first-order valence-electron chi connectivity index (χ1n) is 6.40. The number of hydrogen-bond donors (Lipinski definition) is 1. The van der Waals surface area contributed by atoms with Gasteiger partial charge in [-0.15, -0.1) is 0 Å². The molecule has 86 valence electrons. The SMILES string of the molecule is C[C@H]1Cc2ccccc2N([C@H]2CCNC2)C1. The molecule has 3 rings (SSSR count). The number of anilines is 1. The lowest BCUT2D eigenvalue weighted by molar-refractivity contribution is 0.492. The lowest BCUT2D eigenvalue weighted by Gasteiger charge is -2.38. The predicted molar refractivity (Wildman–Crippen MR) is 67.9 cm³/mol. The van der Waals surface area contributed by atoms with Crippen LogP contribution in [0.2, 0.25) is 0 Å². The maximum atomic E-state index is 3.47. The van der Waals surface area contributed by atoms with Crippen molar-refractivity contribution in [2.24, 2.45) is 5.92 Å². The van der Waals surface area contributed by atoms with E-state index in [2.05, 4.69) is 41.4 Å². The molecule has 0 saturated carbocycles. The number of rotatable bonds is 1. The van der Waals surface area contributed by atoms with Crippen LogP contribution in [0.15, 0.2) is 24.3 Å². The van der Waals surface area contributed by atoms with Crippen molar-refractivity contribution in [2.45, 2.75) is 25.8 Å². The Labute approximate surface area is 97.6 Å². The molecule has 0 spiro atoms. The van der Waals surface area contributed by atoms with Crippen LogP contribution in [0.4, 0.5) is 5.69 Å². The second-order valence-electron chi connectivity index (χ2n) is 5.24. The molecule has 2 heterocycles. The number of hydrogen-bond acceptors (Lipinski definition) is 2. The van der Waals surface area contributed by atoms with E-state index < -0.39 is 0 Å². The van der Waals surface area contributed by atoms with Crippen molar-refractivity contribution in [3.63, 3.8) is 0 Å². The lowest BCUT2D eigenvalue weighted by Crippen LogP contribution is -2.43. The van der Waals surface area contributed by atoms with Gasteiger partial charge in [-0.2, -0.15) is 0 Å². The van der Waals surface area contributed by atoms with Gasteiger partial charge < -0.3 is 10.2 Å². The van der Waals surface area contributed by atoms with Gasteiger partial charge in [0.15, 0.2) is 0 Å². The van der Waals surface area contributed by atoms with Gasteiger partial charge in [0.2, 0.25) is 0 Å². The zero-order valence-electron chi connectivity index (χ0n) is 9.95. The van der Waals surface area contributed by atoms with Crippen LogP contribution >= 0.6 is 0 Å². The summed E-state index contributed by atoms with van der Waals surface area (Å²) in [6, 6.07) is 9.63. The molecule has 2 nitrogen and oxygen atoms in total.